The molecule has 108 valence electrons. The Morgan fingerprint density at radius 3 is 1.95 bits per heavy atom. The Labute approximate surface area is 115 Å². The van der Waals surface area contributed by atoms with Gasteiger partial charge in [-0.25, -0.2) is 0 Å². The second-order valence-electron chi connectivity index (χ2n) is 5.03. The van der Waals surface area contributed by atoms with E-state index in [2.05, 4.69) is 0 Å². The number of rotatable bonds is 7. The van der Waals surface area contributed by atoms with Crippen molar-refractivity contribution >= 4 is 7.60 Å². The number of hydrogen-bond acceptors (Lipinski definition) is 4. The molecular formula is C14H23O4P. The van der Waals surface area contributed by atoms with Crippen LogP contribution < -0.4 is 0 Å². The minimum atomic E-state index is -3.30. The zero-order valence-corrected chi connectivity index (χ0v) is 12.8. The quantitative estimate of drug-likeness (QED) is 0.775. The van der Waals surface area contributed by atoms with Crippen LogP contribution in [0.2, 0.25) is 0 Å². The van der Waals surface area contributed by atoms with E-state index in [1.54, 1.807) is 39.8 Å². The highest BCUT2D eigenvalue weighted by atomic mass is 31.2. The fourth-order valence-electron chi connectivity index (χ4n) is 1.75. The van der Waals surface area contributed by atoms with Gasteiger partial charge >= 0.3 is 7.60 Å². The molecule has 0 bridgehead atoms. The minimum Gasteiger partial charge on any atom is -0.388 e. The van der Waals surface area contributed by atoms with Crippen LogP contribution in [-0.2, 0) is 13.6 Å². The second kappa shape index (κ2) is 7.20. The van der Waals surface area contributed by atoms with E-state index < -0.39 is 13.7 Å². The molecule has 0 aliphatic rings. The number of hydrogen-bond donors (Lipinski definition) is 1. The van der Waals surface area contributed by atoms with Crippen molar-refractivity contribution in [3.8, 4) is 0 Å². The maximum absolute atomic E-state index is 12.6. The van der Waals surface area contributed by atoms with Gasteiger partial charge in [-0.05, 0) is 33.3 Å². The van der Waals surface area contributed by atoms with Crippen molar-refractivity contribution in [3.63, 3.8) is 0 Å². The van der Waals surface area contributed by atoms with Crippen molar-refractivity contribution < 1.29 is 18.7 Å². The first kappa shape index (κ1) is 16.4. The average Bonchev–Trinajstić information content (AvgIpc) is 2.27. The standard InChI is InChI=1S/C14H23O4P/c1-11(2)17-19(16,18-12(3)4)10-14(15)13-8-6-5-7-9-13/h5-9,11-12,14-15H,10H2,1-4H3. The van der Waals surface area contributed by atoms with Crippen molar-refractivity contribution in [1.82, 2.24) is 0 Å². The van der Waals surface area contributed by atoms with Gasteiger partial charge in [0.25, 0.3) is 0 Å². The first-order chi connectivity index (χ1) is 8.82. The third kappa shape index (κ3) is 5.87. The molecule has 0 aliphatic carbocycles. The topological polar surface area (TPSA) is 55.8 Å². The summed E-state index contributed by atoms with van der Waals surface area (Å²) >= 11 is 0. The Hall–Kier alpha value is -0.670. The van der Waals surface area contributed by atoms with Crippen LogP contribution in [0.4, 0.5) is 0 Å². The molecule has 0 aliphatic heterocycles. The minimum absolute atomic E-state index is 0.0344. The van der Waals surface area contributed by atoms with Gasteiger partial charge in [0.05, 0.1) is 24.5 Å². The molecule has 5 heteroatoms. The summed E-state index contributed by atoms with van der Waals surface area (Å²) in [6.07, 6.45) is -1.32. The molecule has 1 rings (SSSR count). The fraction of sp³-hybridized carbons (Fsp3) is 0.571. The molecule has 0 radical (unpaired) electrons. The monoisotopic (exact) mass is 286 g/mol. The molecule has 0 aromatic heterocycles. The van der Waals surface area contributed by atoms with E-state index in [4.69, 9.17) is 9.05 Å². The van der Waals surface area contributed by atoms with Crippen molar-refractivity contribution in [2.75, 3.05) is 6.16 Å². The van der Waals surface area contributed by atoms with Crippen LogP contribution in [0.1, 0.15) is 39.4 Å². The highest BCUT2D eigenvalue weighted by Crippen LogP contribution is 2.52. The molecule has 1 atom stereocenters. The summed E-state index contributed by atoms with van der Waals surface area (Å²) in [5.41, 5.74) is 0.711. The van der Waals surface area contributed by atoms with Gasteiger partial charge in [-0.15, -0.1) is 0 Å². The predicted molar refractivity (Wildman–Crippen MR) is 76.3 cm³/mol. The molecule has 1 aromatic rings. The van der Waals surface area contributed by atoms with Gasteiger partial charge in [0.1, 0.15) is 0 Å². The van der Waals surface area contributed by atoms with Crippen LogP contribution in [0.25, 0.3) is 0 Å². The van der Waals surface area contributed by atoms with Crippen LogP contribution in [0.15, 0.2) is 30.3 Å². The van der Waals surface area contributed by atoms with Crippen LogP contribution in [0, 0.1) is 0 Å². The van der Waals surface area contributed by atoms with Crippen molar-refractivity contribution in [3.05, 3.63) is 35.9 Å². The van der Waals surface area contributed by atoms with Gasteiger partial charge in [0.2, 0.25) is 0 Å². The lowest BCUT2D eigenvalue weighted by Crippen LogP contribution is -2.14. The van der Waals surface area contributed by atoms with Gasteiger partial charge in [-0.1, -0.05) is 30.3 Å². The zero-order valence-electron chi connectivity index (χ0n) is 11.9. The maximum Gasteiger partial charge on any atom is 0.334 e. The molecule has 0 fully saturated rings. The highest BCUT2D eigenvalue weighted by molar-refractivity contribution is 7.53. The van der Waals surface area contributed by atoms with Crippen LogP contribution in [-0.4, -0.2) is 23.5 Å². The van der Waals surface area contributed by atoms with Gasteiger partial charge < -0.3 is 14.2 Å². The third-order valence-corrected chi connectivity index (χ3v) is 4.60. The van der Waals surface area contributed by atoms with E-state index in [0.717, 1.165) is 0 Å². The average molecular weight is 286 g/mol. The molecule has 4 nitrogen and oxygen atoms in total. The lowest BCUT2D eigenvalue weighted by atomic mass is 10.1. The first-order valence-electron chi connectivity index (χ1n) is 6.51. The van der Waals surface area contributed by atoms with Crippen LogP contribution >= 0.6 is 7.60 Å². The molecule has 0 spiro atoms. The summed E-state index contributed by atoms with van der Waals surface area (Å²) < 4.78 is 23.4. The van der Waals surface area contributed by atoms with Crippen molar-refractivity contribution in [2.45, 2.75) is 46.0 Å². The molecule has 1 unspecified atom stereocenters. The molecule has 1 N–H and O–H groups in total. The Balaban J connectivity index is 2.80. The molecule has 0 heterocycles. The lowest BCUT2D eigenvalue weighted by Gasteiger charge is -2.24. The fourth-order valence-corrected chi connectivity index (χ4v) is 3.89. The normalized spacial score (nSPS) is 14.1. The smallest absolute Gasteiger partial charge is 0.334 e. The molecule has 0 saturated heterocycles. The molecule has 0 saturated carbocycles. The Morgan fingerprint density at radius 1 is 1.05 bits per heavy atom. The molecule has 19 heavy (non-hydrogen) atoms. The summed E-state index contributed by atoms with van der Waals surface area (Å²) in [6, 6.07) is 9.11. The van der Waals surface area contributed by atoms with Crippen molar-refractivity contribution in [1.29, 1.82) is 0 Å². The summed E-state index contributed by atoms with van der Waals surface area (Å²) in [5.74, 6) is 0. The van der Waals surface area contributed by atoms with E-state index >= 15 is 0 Å². The van der Waals surface area contributed by atoms with Gasteiger partial charge in [0.15, 0.2) is 0 Å². The molecular weight excluding hydrogens is 263 g/mol. The Bertz CT molecular complexity index is 403. The van der Waals surface area contributed by atoms with E-state index in [0.29, 0.717) is 5.56 Å². The first-order valence-corrected chi connectivity index (χ1v) is 8.24. The Kier molecular flexibility index (Phi) is 6.21. The largest absolute Gasteiger partial charge is 0.388 e. The van der Waals surface area contributed by atoms with E-state index in [9.17, 15) is 9.67 Å². The highest BCUT2D eigenvalue weighted by Gasteiger charge is 2.31. The lowest BCUT2D eigenvalue weighted by molar-refractivity contribution is 0.126. The maximum atomic E-state index is 12.6. The van der Waals surface area contributed by atoms with E-state index in [1.807, 2.05) is 18.2 Å². The van der Waals surface area contributed by atoms with E-state index in [1.165, 1.54) is 0 Å². The summed E-state index contributed by atoms with van der Waals surface area (Å²) in [5, 5.41) is 10.1. The summed E-state index contributed by atoms with van der Waals surface area (Å²) in [6.45, 7) is 7.19. The zero-order chi connectivity index (χ0) is 14.5. The van der Waals surface area contributed by atoms with Gasteiger partial charge in [-0.3, -0.25) is 4.57 Å². The van der Waals surface area contributed by atoms with Gasteiger partial charge in [0, 0.05) is 0 Å². The summed E-state index contributed by atoms with van der Waals surface area (Å²) in [7, 11) is -3.30. The summed E-state index contributed by atoms with van der Waals surface area (Å²) in [4.78, 5) is 0. The Morgan fingerprint density at radius 2 is 1.53 bits per heavy atom. The number of aliphatic hydroxyl groups is 1. The van der Waals surface area contributed by atoms with Crippen molar-refractivity contribution in [2.24, 2.45) is 0 Å². The van der Waals surface area contributed by atoms with Crippen LogP contribution in [0.5, 0.6) is 0 Å². The molecule has 0 amide bonds. The van der Waals surface area contributed by atoms with Crippen LogP contribution in [0.3, 0.4) is 0 Å². The predicted octanol–water partition coefficient (Wildman–Crippen LogP) is 3.76. The number of aliphatic hydroxyl groups excluding tert-OH is 1. The second-order valence-corrected chi connectivity index (χ2v) is 7.04. The number of benzene rings is 1. The van der Waals surface area contributed by atoms with Gasteiger partial charge in [-0.2, -0.15) is 0 Å². The third-order valence-electron chi connectivity index (χ3n) is 2.32. The molecule has 1 aromatic carbocycles. The SMILES string of the molecule is CC(C)OP(=O)(CC(O)c1ccccc1)OC(C)C. The van der Waals surface area contributed by atoms with E-state index in [-0.39, 0.29) is 18.4 Å².